The first-order valence-corrected chi connectivity index (χ1v) is 6.33. The standard InChI is InChI=1S/C15H16N2O3/c1-16-13(18)12(14(19)17(2)15(16)20)10-6-9-11-7-4-3-5-8-11/h3-9,12H,10H2,1-2H3. The van der Waals surface area contributed by atoms with Gasteiger partial charge in [-0.15, -0.1) is 0 Å². The van der Waals surface area contributed by atoms with Crippen LogP contribution in [0.3, 0.4) is 0 Å². The van der Waals surface area contributed by atoms with Crippen molar-refractivity contribution < 1.29 is 14.4 Å². The van der Waals surface area contributed by atoms with Gasteiger partial charge in [-0.1, -0.05) is 42.5 Å². The highest BCUT2D eigenvalue weighted by atomic mass is 16.2. The molecule has 0 atom stereocenters. The Kier molecular flexibility index (Phi) is 3.98. The molecule has 0 aromatic heterocycles. The Hall–Kier alpha value is -2.43. The second kappa shape index (κ2) is 5.69. The molecule has 1 heterocycles. The molecule has 104 valence electrons. The fraction of sp³-hybridized carbons (Fsp3) is 0.267. The SMILES string of the molecule is CN1C(=O)C(CC=Cc2ccccc2)C(=O)N(C)C1=O. The number of urea groups is 1. The summed E-state index contributed by atoms with van der Waals surface area (Å²) in [7, 11) is 2.78. The van der Waals surface area contributed by atoms with E-state index in [4.69, 9.17) is 0 Å². The second-order valence-corrected chi connectivity index (χ2v) is 4.68. The van der Waals surface area contributed by atoms with E-state index < -0.39 is 23.8 Å². The molecule has 5 nitrogen and oxygen atoms in total. The Balaban J connectivity index is 2.08. The van der Waals surface area contributed by atoms with E-state index in [2.05, 4.69) is 0 Å². The molecule has 20 heavy (non-hydrogen) atoms. The summed E-state index contributed by atoms with van der Waals surface area (Å²) in [4.78, 5) is 37.5. The van der Waals surface area contributed by atoms with E-state index in [0.717, 1.165) is 15.4 Å². The van der Waals surface area contributed by atoms with Gasteiger partial charge < -0.3 is 0 Å². The lowest BCUT2D eigenvalue weighted by Gasteiger charge is -2.32. The molecule has 1 aromatic carbocycles. The number of amides is 4. The first-order chi connectivity index (χ1) is 9.52. The van der Waals surface area contributed by atoms with Gasteiger partial charge in [0.05, 0.1) is 0 Å². The average molecular weight is 272 g/mol. The summed E-state index contributed by atoms with van der Waals surface area (Å²) in [6.45, 7) is 0. The van der Waals surface area contributed by atoms with Crippen molar-refractivity contribution in [1.29, 1.82) is 0 Å². The van der Waals surface area contributed by atoms with Crippen LogP contribution in [0.4, 0.5) is 4.79 Å². The monoisotopic (exact) mass is 272 g/mol. The van der Waals surface area contributed by atoms with Crippen molar-refractivity contribution in [3.63, 3.8) is 0 Å². The van der Waals surface area contributed by atoms with Crippen molar-refractivity contribution in [2.75, 3.05) is 14.1 Å². The predicted molar refractivity (Wildman–Crippen MR) is 74.5 cm³/mol. The summed E-state index contributed by atoms with van der Waals surface area (Å²) in [6, 6.07) is 9.03. The van der Waals surface area contributed by atoms with Crippen molar-refractivity contribution in [1.82, 2.24) is 9.80 Å². The molecular weight excluding hydrogens is 256 g/mol. The highest BCUT2D eigenvalue weighted by Crippen LogP contribution is 2.19. The number of hydrogen-bond acceptors (Lipinski definition) is 3. The molecule has 0 bridgehead atoms. The molecule has 2 rings (SSSR count). The maximum Gasteiger partial charge on any atom is 0.332 e. The van der Waals surface area contributed by atoms with Crippen LogP contribution in [0, 0.1) is 5.92 Å². The fourth-order valence-corrected chi connectivity index (χ4v) is 2.09. The zero-order valence-corrected chi connectivity index (χ0v) is 11.4. The molecule has 5 heteroatoms. The summed E-state index contributed by atoms with van der Waals surface area (Å²) in [5.41, 5.74) is 1.00. The molecule has 0 aliphatic carbocycles. The van der Waals surface area contributed by atoms with Crippen LogP contribution in [0.5, 0.6) is 0 Å². The highest BCUT2D eigenvalue weighted by molar-refractivity contribution is 6.15. The molecule has 0 spiro atoms. The Labute approximate surface area is 117 Å². The molecule has 1 fully saturated rings. The Morgan fingerprint density at radius 1 is 1.00 bits per heavy atom. The number of nitrogens with zero attached hydrogens (tertiary/aromatic N) is 2. The third-order valence-corrected chi connectivity index (χ3v) is 3.31. The predicted octanol–water partition coefficient (Wildman–Crippen LogP) is 1.76. The molecule has 1 aromatic rings. The number of rotatable bonds is 3. The maximum absolute atomic E-state index is 12.0. The van der Waals surface area contributed by atoms with E-state index in [0.29, 0.717) is 0 Å². The van der Waals surface area contributed by atoms with Gasteiger partial charge in [0.2, 0.25) is 11.8 Å². The average Bonchev–Trinajstić information content (AvgIpc) is 2.48. The van der Waals surface area contributed by atoms with Crippen molar-refractivity contribution in [3.05, 3.63) is 42.0 Å². The van der Waals surface area contributed by atoms with Gasteiger partial charge in [-0.3, -0.25) is 19.4 Å². The first kappa shape index (κ1) is 14.0. The van der Waals surface area contributed by atoms with Gasteiger partial charge in [0.1, 0.15) is 5.92 Å². The third-order valence-electron chi connectivity index (χ3n) is 3.31. The van der Waals surface area contributed by atoms with Gasteiger partial charge in [0.25, 0.3) is 0 Å². The lowest BCUT2D eigenvalue weighted by molar-refractivity contribution is -0.147. The first-order valence-electron chi connectivity index (χ1n) is 6.33. The molecular formula is C15H16N2O3. The van der Waals surface area contributed by atoms with E-state index >= 15 is 0 Å². The molecule has 0 unspecified atom stereocenters. The maximum atomic E-state index is 12.0. The van der Waals surface area contributed by atoms with Gasteiger partial charge >= 0.3 is 6.03 Å². The largest absolute Gasteiger partial charge is 0.332 e. The molecule has 0 radical (unpaired) electrons. The lowest BCUT2D eigenvalue weighted by Crippen LogP contribution is -2.56. The summed E-state index contributed by atoms with van der Waals surface area (Å²) in [5.74, 6) is -1.71. The minimum absolute atomic E-state index is 0.286. The van der Waals surface area contributed by atoms with Gasteiger partial charge in [-0.2, -0.15) is 0 Å². The van der Waals surface area contributed by atoms with Crippen LogP contribution >= 0.6 is 0 Å². The van der Waals surface area contributed by atoms with Crippen LogP contribution in [0.2, 0.25) is 0 Å². The van der Waals surface area contributed by atoms with E-state index in [-0.39, 0.29) is 6.42 Å². The Morgan fingerprint density at radius 3 is 2.10 bits per heavy atom. The van der Waals surface area contributed by atoms with Gasteiger partial charge in [0, 0.05) is 14.1 Å². The van der Waals surface area contributed by atoms with E-state index in [1.54, 1.807) is 6.08 Å². The third kappa shape index (κ3) is 2.61. The number of allylic oxidation sites excluding steroid dienone is 1. The summed E-state index contributed by atoms with van der Waals surface area (Å²) >= 11 is 0. The number of barbiturate groups is 1. The number of benzene rings is 1. The van der Waals surface area contributed by atoms with Crippen LogP contribution in [0.25, 0.3) is 6.08 Å². The smallest absolute Gasteiger partial charge is 0.273 e. The van der Waals surface area contributed by atoms with Crippen LogP contribution < -0.4 is 0 Å². The topological polar surface area (TPSA) is 57.7 Å². The second-order valence-electron chi connectivity index (χ2n) is 4.68. The van der Waals surface area contributed by atoms with E-state index in [1.165, 1.54) is 14.1 Å². The fourth-order valence-electron chi connectivity index (χ4n) is 2.09. The van der Waals surface area contributed by atoms with Gasteiger partial charge in [-0.05, 0) is 12.0 Å². The van der Waals surface area contributed by atoms with Gasteiger partial charge in [-0.25, -0.2) is 4.79 Å². The minimum atomic E-state index is -0.817. The molecule has 1 aliphatic rings. The summed E-state index contributed by atoms with van der Waals surface area (Å²) < 4.78 is 0. The van der Waals surface area contributed by atoms with Crippen LogP contribution in [-0.2, 0) is 9.59 Å². The molecule has 0 N–H and O–H groups in total. The van der Waals surface area contributed by atoms with Gasteiger partial charge in [0.15, 0.2) is 0 Å². The minimum Gasteiger partial charge on any atom is -0.273 e. The van der Waals surface area contributed by atoms with Crippen molar-refractivity contribution in [3.8, 4) is 0 Å². The van der Waals surface area contributed by atoms with E-state index in [9.17, 15) is 14.4 Å². The lowest BCUT2D eigenvalue weighted by atomic mass is 9.99. The zero-order valence-electron chi connectivity index (χ0n) is 11.4. The Morgan fingerprint density at radius 2 is 1.55 bits per heavy atom. The number of carbonyl (C=O) groups excluding carboxylic acids is 3. The van der Waals surface area contributed by atoms with Crippen molar-refractivity contribution in [2.45, 2.75) is 6.42 Å². The molecule has 4 amide bonds. The van der Waals surface area contributed by atoms with Crippen LogP contribution in [0.15, 0.2) is 36.4 Å². The molecule has 0 saturated carbocycles. The van der Waals surface area contributed by atoms with E-state index in [1.807, 2.05) is 36.4 Å². The van der Waals surface area contributed by atoms with Crippen molar-refractivity contribution in [2.24, 2.45) is 5.92 Å². The zero-order chi connectivity index (χ0) is 14.7. The van der Waals surface area contributed by atoms with Crippen LogP contribution in [0.1, 0.15) is 12.0 Å². The number of hydrogen-bond donors (Lipinski definition) is 0. The molecule has 1 aliphatic heterocycles. The summed E-state index contributed by atoms with van der Waals surface area (Å²) in [5, 5.41) is 0. The number of imide groups is 2. The highest BCUT2D eigenvalue weighted by Gasteiger charge is 2.41. The normalized spacial score (nSPS) is 17.4. The van der Waals surface area contributed by atoms with Crippen molar-refractivity contribution >= 4 is 23.9 Å². The van der Waals surface area contributed by atoms with Crippen LogP contribution in [-0.4, -0.2) is 41.7 Å². The number of carbonyl (C=O) groups is 3. The summed E-state index contributed by atoms with van der Waals surface area (Å²) in [6.07, 6.45) is 3.93. The Bertz CT molecular complexity index is 542. The molecule has 1 saturated heterocycles. The quantitative estimate of drug-likeness (QED) is 0.788.